The number of rotatable bonds is 1. The van der Waals surface area contributed by atoms with Gasteiger partial charge in [-0.05, 0) is 60.2 Å². The van der Waals surface area contributed by atoms with Gasteiger partial charge in [0.15, 0.2) is 0 Å². The molecule has 1 aromatic heterocycles. The SMILES string of the molecule is O=C1CCCC2(CCC2)N1c1ccc(Br)cn1. The van der Waals surface area contributed by atoms with Crippen LogP contribution in [0.4, 0.5) is 5.82 Å². The molecule has 0 radical (unpaired) electrons. The molecule has 3 nitrogen and oxygen atoms in total. The molecule has 0 unspecified atom stereocenters. The lowest BCUT2D eigenvalue weighted by atomic mass is 9.70. The summed E-state index contributed by atoms with van der Waals surface area (Å²) in [5, 5.41) is 0. The van der Waals surface area contributed by atoms with Crippen LogP contribution in [0, 0.1) is 0 Å². The molecule has 4 heteroatoms. The van der Waals surface area contributed by atoms with Gasteiger partial charge in [0.25, 0.3) is 0 Å². The summed E-state index contributed by atoms with van der Waals surface area (Å²) in [4.78, 5) is 18.5. The number of amides is 1. The zero-order valence-corrected chi connectivity index (χ0v) is 11.2. The van der Waals surface area contributed by atoms with Gasteiger partial charge in [0.1, 0.15) is 5.82 Å². The van der Waals surface area contributed by atoms with Gasteiger partial charge in [0, 0.05) is 22.6 Å². The van der Waals surface area contributed by atoms with E-state index in [0.29, 0.717) is 6.42 Å². The van der Waals surface area contributed by atoms with Gasteiger partial charge in [-0.3, -0.25) is 9.69 Å². The van der Waals surface area contributed by atoms with Crippen molar-refractivity contribution >= 4 is 27.7 Å². The third-order valence-corrected chi connectivity index (χ3v) is 4.45. The summed E-state index contributed by atoms with van der Waals surface area (Å²) in [6.45, 7) is 0. The lowest BCUT2D eigenvalue weighted by Crippen LogP contribution is -2.59. The Morgan fingerprint density at radius 2 is 2.00 bits per heavy atom. The van der Waals surface area contributed by atoms with Crippen molar-refractivity contribution in [2.75, 3.05) is 4.90 Å². The zero-order valence-electron chi connectivity index (χ0n) is 9.66. The number of anilines is 1. The summed E-state index contributed by atoms with van der Waals surface area (Å²) in [5.74, 6) is 1.06. The quantitative estimate of drug-likeness (QED) is 0.796. The third kappa shape index (κ3) is 1.79. The average Bonchev–Trinajstić information content (AvgIpc) is 2.28. The van der Waals surface area contributed by atoms with Gasteiger partial charge in [-0.25, -0.2) is 4.98 Å². The smallest absolute Gasteiger partial charge is 0.228 e. The predicted molar refractivity (Wildman–Crippen MR) is 69.9 cm³/mol. The van der Waals surface area contributed by atoms with Crippen LogP contribution in [0.1, 0.15) is 38.5 Å². The molecule has 0 N–H and O–H groups in total. The van der Waals surface area contributed by atoms with E-state index in [1.165, 1.54) is 6.42 Å². The second-order valence-electron chi connectivity index (χ2n) is 5.00. The lowest BCUT2D eigenvalue weighted by Gasteiger charge is -2.52. The van der Waals surface area contributed by atoms with E-state index in [1.54, 1.807) is 6.20 Å². The zero-order chi connectivity index (χ0) is 11.9. The first-order chi connectivity index (χ1) is 8.21. The maximum atomic E-state index is 12.2. The highest BCUT2D eigenvalue weighted by Crippen LogP contribution is 2.46. The molecule has 1 aliphatic carbocycles. The van der Waals surface area contributed by atoms with E-state index in [9.17, 15) is 4.79 Å². The molecule has 2 heterocycles. The molecular formula is C13H15BrN2O. The minimum atomic E-state index is 0.0934. The van der Waals surface area contributed by atoms with Crippen molar-refractivity contribution < 1.29 is 4.79 Å². The van der Waals surface area contributed by atoms with Crippen molar-refractivity contribution in [3.05, 3.63) is 22.8 Å². The van der Waals surface area contributed by atoms with Gasteiger partial charge >= 0.3 is 0 Å². The predicted octanol–water partition coefficient (Wildman–Crippen LogP) is 3.28. The molecule has 0 atom stereocenters. The fourth-order valence-corrected chi connectivity index (χ4v) is 3.22. The molecule has 1 amide bonds. The standard InChI is InChI=1S/C13H15BrN2O/c14-10-4-5-11(15-9-10)16-12(17)3-1-6-13(16)7-2-8-13/h4-5,9H,1-3,6-8H2. The molecule has 1 spiro atoms. The van der Waals surface area contributed by atoms with Crippen LogP contribution in [0.3, 0.4) is 0 Å². The third-order valence-electron chi connectivity index (χ3n) is 3.98. The van der Waals surface area contributed by atoms with Crippen LogP contribution in [0.2, 0.25) is 0 Å². The van der Waals surface area contributed by atoms with E-state index in [-0.39, 0.29) is 11.4 Å². The van der Waals surface area contributed by atoms with Crippen LogP contribution in [-0.2, 0) is 4.79 Å². The van der Waals surface area contributed by atoms with E-state index in [0.717, 1.165) is 36.0 Å². The Balaban J connectivity index is 1.97. The van der Waals surface area contributed by atoms with Gasteiger partial charge in [-0.2, -0.15) is 0 Å². The van der Waals surface area contributed by atoms with Crippen LogP contribution >= 0.6 is 15.9 Å². The van der Waals surface area contributed by atoms with Crippen molar-refractivity contribution in [2.45, 2.75) is 44.1 Å². The van der Waals surface area contributed by atoms with Gasteiger partial charge in [0.2, 0.25) is 5.91 Å². The Labute approximate surface area is 109 Å². The van der Waals surface area contributed by atoms with E-state index in [2.05, 4.69) is 20.9 Å². The molecule has 0 aromatic carbocycles. The topological polar surface area (TPSA) is 33.2 Å². The van der Waals surface area contributed by atoms with Crippen LogP contribution < -0.4 is 4.90 Å². The Kier molecular flexibility index (Phi) is 2.69. The lowest BCUT2D eigenvalue weighted by molar-refractivity contribution is -0.122. The van der Waals surface area contributed by atoms with E-state index < -0.39 is 0 Å². The van der Waals surface area contributed by atoms with E-state index >= 15 is 0 Å². The van der Waals surface area contributed by atoms with Gasteiger partial charge in [-0.1, -0.05) is 0 Å². The number of nitrogens with zero attached hydrogens (tertiary/aromatic N) is 2. The number of hydrogen-bond acceptors (Lipinski definition) is 2. The maximum Gasteiger partial charge on any atom is 0.228 e. The Morgan fingerprint density at radius 3 is 2.59 bits per heavy atom. The van der Waals surface area contributed by atoms with Crippen LogP contribution in [0.25, 0.3) is 0 Å². The molecule has 1 saturated heterocycles. The fourth-order valence-electron chi connectivity index (χ4n) is 2.99. The second kappa shape index (κ2) is 4.09. The molecule has 1 aromatic rings. The van der Waals surface area contributed by atoms with Crippen LogP contribution in [-0.4, -0.2) is 16.4 Å². The summed E-state index contributed by atoms with van der Waals surface area (Å²) in [5.41, 5.74) is 0.0934. The molecule has 17 heavy (non-hydrogen) atoms. The molecule has 3 rings (SSSR count). The molecule has 2 fully saturated rings. The Morgan fingerprint density at radius 1 is 1.24 bits per heavy atom. The first-order valence-corrected chi connectivity index (χ1v) is 6.95. The molecule has 90 valence electrons. The number of pyridine rings is 1. The van der Waals surface area contributed by atoms with Crippen molar-refractivity contribution in [2.24, 2.45) is 0 Å². The van der Waals surface area contributed by atoms with Gasteiger partial charge in [0.05, 0.1) is 0 Å². The minimum absolute atomic E-state index is 0.0934. The molecule has 2 aliphatic rings. The normalized spacial score (nSPS) is 22.6. The summed E-state index contributed by atoms with van der Waals surface area (Å²) in [7, 11) is 0. The molecular weight excluding hydrogens is 280 g/mol. The molecule has 1 saturated carbocycles. The maximum absolute atomic E-state index is 12.2. The number of carbonyl (C=O) groups excluding carboxylic acids is 1. The summed E-state index contributed by atoms with van der Waals surface area (Å²) in [6.07, 6.45) is 8.11. The van der Waals surface area contributed by atoms with Crippen molar-refractivity contribution in [1.82, 2.24) is 4.98 Å². The van der Waals surface area contributed by atoms with E-state index in [4.69, 9.17) is 0 Å². The van der Waals surface area contributed by atoms with Crippen LogP contribution in [0.5, 0.6) is 0 Å². The highest BCUT2D eigenvalue weighted by atomic mass is 79.9. The summed E-state index contributed by atoms with van der Waals surface area (Å²) < 4.78 is 0.952. The van der Waals surface area contributed by atoms with E-state index in [1.807, 2.05) is 17.0 Å². The average molecular weight is 295 g/mol. The first-order valence-electron chi connectivity index (χ1n) is 6.16. The number of piperidine rings is 1. The number of carbonyl (C=O) groups is 1. The van der Waals surface area contributed by atoms with Crippen molar-refractivity contribution in [3.63, 3.8) is 0 Å². The summed E-state index contributed by atoms with van der Waals surface area (Å²) >= 11 is 3.38. The second-order valence-corrected chi connectivity index (χ2v) is 5.91. The van der Waals surface area contributed by atoms with Crippen LogP contribution in [0.15, 0.2) is 22.8 Å². The van der Waals surface area contributed by atoms with Gasteiger partial charge < -0.3 is 0 Å². The highest BCUT2D eigenvalue weighted by Gasteiger charge is 2.47. The fraction of sp³-hybridized carbons (Fsp3) is 0.538. The number of aromatic nitrogens is 1. The monoisotopic (exact) mass is 294 g/mol. The van der Waals surface area contributed by atoms with Gasteiger partial charge in [-0.15, -0.1) is 0 Å². The summed E-state index contributed by atoms with van der Waals surface area (Å²) in [6, 6.07) is 3.89. The molecule has 0 bridgehead atoms. The Hall–Kier alpha value is -0.900. The molecule has 1 aliphatic heterocycles. The van der Waals surface area contributed by atoms with Crippen molar-refractivity contribution in [1.29, 1.82) is 0 Å². The highest BCUT2D eigenvalue weighted by molar-refractivity contribution is 9.10. The number of halogens is 1. The minimum Gasteiger partial charge on any atom is -0.291 e. The largest absolute Gasteiger partial charge is 0.291 e. The Bertz CT molecular complexity index is 439. The first kappa shape index (κ1) is 11.2. The number of hydrogen-bond donors (Lipinski definition) is 0. The van der Waals surface area contributed by atoms with Crippen molar-refractivity contribution in [3.8, 4) is 0 Å².